The summed E-state index contributed by atoms with van der Waals surface area (Å²) >= 11 is 0. The van der Waals surface area contributed by atoms with Gasteiger partial charge in [-0.1, -0.05) is 69.4 Å². The molecule has 1 amide bonds. The second kappa shape index (κ2) is 22.2. The average molecular weight is 600 g/mol. The second-order valence-electron chi connectivity index (χ2n) is 11.2. The summed E-state index contributed by atoms with van der Waals surface area (Å²) in [6, 6.07) is 17.6. The van der Waals surface area contributed by atoms with Gasteiger partial charge in [0.05, 0.1) is 0 Å². The van der Waals surface area contributed by atoms with Crippen molar-refractivity contribution in [2.45, 2.75) is 109 Å². The number of hydrogen-bond donors (Lipinski definition) is 4. The first-order valence-electron chi connectivity index (χ1n) is 15.9. The van der Waals surface area contributed by atoms with Crippen LogP contribution in [0, 0.1) is 0 Å². The number of carbonyl (C=O) groups is 1. The van der Waals surface area contributed by atoms with Crippen molar-refractivity contribution in [3.8, 4) is 0 Å². The molecule has 0 heterocycles. The number of allylic oxidation sites excluding steroid dienone is 2. The quantitative estimate of drug-likeness (QED) is 0.0446. The normalized spacial score (nSPS) is 13.1. The number of carbonyl (C=O) groups excluding carboxylic acids is 1. The summed E-state index contributed by atoms with van der Waals surface area (Å²) in [5.74, 6) is -0.0928. The van der Waals surface area contributed by atoms with Crippen molar-refractivity contribution in [3.05, 3.63) is 83.4 Å². The van der Waals surface area contributed by atoms with Crippen LogP contribution in [0.4, 0.5) is 0 Å². The molecular formula is C35H54NO5P. The first kappa shape index (κ1) is 35.9. The minimum absolute atomic E-state index is 0.0928. The average Bonchev–Trinajstić information content (AvgIpc) is 2.97. The van der Waals surface area contributed by atoms with Crippen LogP contribution < -0.4 is 5.32 Å². The third-order valence-corrected chi connectivity index (χ3v) is 7.79. The van der Waals surface area contributed by atoms with Gasteiger partial charge in [-0.15, -0.1) is 0 Å². The van der Waals surface area contributed by atoms with Crippen molar-refractivity contribution in [3.63, 3.8) is 0 Å². The van der Waals surface area contributed by atoms with Gasteiger partial charge in [-0.2, -0.15) is 0 Å². The van der Waals surface area contributed by atoms with E-state index in [0.29, 0.717) is 12.8 Å². The predicted octanol–water partition coefficient (Wildman–Crippen LogP) is 8.33. The molecule has 4 N–H and O–H groups in total. The molecule has 0 saturated heterocycles. The molecule has 0 bridgehead atoms. The van der Waals surface area contributed by atoms with Gasteiger partial charge in [-0.3, -0.25) is 0 Å². The minimum atomic E-state index is -4.67. The summed E-state index contributed by atoms with van der Waals surface area (Å²) in [5, 5.41) is 2.95. The third kappa shape index (κ3) is 19.0. The van der Waals surface area contributed by atoms with Gasteiger partial charge in [0, 0.05) is 0 Å². The molecular weight excluding hydrogens is 545 g/mol. The molecule has 0 aliphatic heterocycles. The van der Waals surface area contributed by atoms with Crippen LogP contribution in [0.15, 0.2) is 66.7 Å². The molecule has 2 aromatic carbocycles. The van der Waals surface area contributed by atoms with Gasteiger partial charge in [0.25, 0.3) is 0 Å². The number of benzene rings is 2. The van der Waals surface area contributed by atoms with E-state index in [1.807, 2.05) is 60.7 Å². The maximum absolute atomic E-state index is 12.6. The zero-order valence-corrected chi connectivity index (χ0v) is 26.6. The molecule has 0 radical (unpaired) electrons. The van der Waals surface area contributed by atoms with Crippen LogP contribution in [0.1, 0.15) is 114 Å². The summed E-state index contributed by atoms with van der Waals surface area (Å²) in [6.45, 7) is 2.08. The molecule has 0 saturated carbocycles. The summed E-state index contributed by atoms with van der Waals surface area (Å²) in [7, 11) is -4.67. The molecule has 0 spiro atoms. The van der Waals surface area contributed by atoms with E-state index in [-0.39, 0.29) is 12.5 Å². The Balaban J connectivity index is 1.65. The Bertz CT molecular complexity index is 1020. The van der Waals surface area contributed by atoms with Crippen LogP contribution in [-0.4, -0.2) is 33.2 Å². The van der Waals surface area contributed by atoms with Crippen LogP contribution in [0.5, 0.6) is 0 Å². The van der Waals surface area contributed by atoms with E-state index in [1.165, 1.54) is 57.8 Å². The van der Waals surface area contributed by atoms with Crippen LogP contribution in [0.3, 0.4) is 0 Å². The van der Waals surface area contributed by atoms with Gasteiger partial charge in [-0.05, 0) is 12.8 Å². The number of unbranched alkanes of at least 4 members (excludes halogenated alkanes) is 11. The summed E-state index contributed by atoms with van der Waals surface area (Å²) in [5.41, 5.74) is 3.15. The van der Waals surface area contributed by atoms with Gasteiger partial charge >= 0.3 is 173 Å². The van der Waals surface area contributed by atoms with Crippen molar-refractivity contribution >= 4 is 26.2 Å². The fourth-order valence-electron chi connectivity index (χ4n) is 4.83. The van der Waals surface area contributed by atoms with E-state index < -0.39 is 14.2 Å². The fourth-order valence-corrected chi connectivity index (χ4v) is 5.25. The third-order valence-electron chi connectivity index (χ3n) is 7.24. The van der Waals surface area contributed by atoms with Crippen LogP contribution in [-0.2, 0) is 15.7 Å². The molecule has 0 aliphatic rings. The van der Waals surface area contributed by atoms with E-state index in [9.17, 15) is 19.5 Å². The topological polar surface area (TPSA) is 99.0 Å². The van der Waals surface area contributed by atoms with Crippen molar-refractivity contribution in [1.29, 1.82) is 0 Å². The zero-order valence-electron chi connectivity index (χ0n) is 25.6. The van der Waals surface area contributed by atoms with E-state index in [2.05, 4.69) is 30.5 Å². The molecule has 0 aromatic heterocycles. The number of nitrogens with one attached hydrogen (secondary N) is 1. The maximum atomic E-state index is 12.6. The monoisotopic (exact) mass is 599 g/mol. The van der Waals surface area contributed by atoms with Crippen LogP contribution in [0.2, 0.25) is 0 Å². The predicted molar refractivity (Wildman–Crippen MR) is 178 cm³/mol. The van der Waals surface area contributed by atoms with Gasteiger partial charge < -0.3 is 0 Å². The molecule has 2 aromatic rings. The van der Waals surface area contributed by atoms with Crippen molar-refractivity contribution < 1.29 is 24.0 Å². The molecule has 0 aliphatic carbocycles. The van der Waals surface area contributed by atoms with E-state index in [1.54, 1.807) is 0 Å². The number of rotatable bonds is 23. The van der Waals surface area contributed by atoms with Crippen molar-refractivity contribution in [2.24, 2.45) is 0 Å². The van der Waals surface area contributed by atoms with Crippen LogP contribution >= 0.6 is 8.17 Å². The fraction of sp³-hybridized carbons (Fsp3) is 0.514. The van der Waals surface area contributed by atoms with Crippen molar-refractivity contribution in [1.82, 2.24) is 5.32 Å². The summed E-state index contributed by atoms with van der Waals surface area (Å²) < 4.78 is 4.88. The standard InChI is InChI=1S/C35H54NO5P/c1-2-3-4-5-6-7-8-9-10-11-12-13-14-15-19-22-35(37)36-34(30-41-42(38,39)40)29-33-27-25-32(26-28-33)24-23-31-20-17-16-18-21-31/h9-10,16-18,20-21,23-28,34,38-40,42H,2-8,11-15,19,22,29-30H2,1H3,(H,36,37)/b10-9-,24-23+/t34-/m0/s1. The molecule has 0 fully saturated rings. The Kier molecular flexibility index (Phi) is 19.0. The zero-order chi connectivity index (χ0) is 30.3. The molecule has 42 heavy (non-hydrogen) atoms. The van der Waals surface area contributed by atoms with Gasteiger partial charge in [-0.25, -0.2) is 0 Å². The van der Waals surface area contributed by atoms with Crippen LogP contribution in [0.25, 0.3) is 12.2 Å². The van der Waals surface area contributed by atoms with Gasteiger partial charge in [0.2, 0.25) is 0 Å². The Morgan fingerprint density at radius 2 is 1.31 bits per heavy atom. The molecule has 2 rings (SSSR count). The van der Waals surface area contributed by atoms with Gasteiger partial charge in [0.1, 0.15) is 0 Å². The van der Waals surface area contributed by atoms with Crippen molar-refractivity contribution in [2.75, 3.05) is 6.61 Å². The Labute approximate surface area is 254 Å². The van der Waals surface area contributed by atoms with E-state index >= 15 is 0 Å². The van der Waals surface area contributed by atoms with E-state index in [0.717, 1.165) is 42.4 Å². The molecule has 1 atom stereocenters. The molecule has 0 unspecified atom stereocenters. The molecule has 7 heteroatoms. The molecule has 6 nitrogen and oxygen atoms in total. The second-order valence-corrected chi connectivity index (χ2v) is 12.6. The van der Waals surface area contributed by atoms with E-state index in [4.69, 9.17) is 4.52 Å². The Morgan fingerprint density at radius 1 is 0.762 bits per heavy atom. The summed E-state index contributed by atoms with van der Waals surface area (Å²) in [4.78, 5) is 40.5. The van der Waals surface area contributed by atoms with Gasteiger partial charge in [0.15, 0.2) is 0 Å². The Hall–Kier alpha value is -2.34. The number of hydrogen-bond acceptors (Lipinski definition) is 5. The summed E-state index contributed by atoms with van der Waals surface area (Å²) in [6.07, 6.45) is 25.3. The Morgan fingerprint density at radius 3 is 1.90 bits per heavy atom. The first-order valence-corrected chi connectivity index (χ1v) is 17.7. The first-order chi connectivity index (χ1) is 20.4. The number of amides is 1. The SMILES string of the molecule is CCCCCCCC/C=C\CCCCCCCC(=O)N[C@H](CO[PH](O)(O)O)Cc1ccc(/C=C/c2ccccc2)cc1. The molecule has 234 valence electrons.